The first-order valence-corrected chi connectivity index (χ1v) is 11.0. The molecule has 0 aromatic carbocycles. The Bertz CT molecular complexity index is 889. The molecular weight excluding hydrogens is 392 g/mol. The third-order valence-electron chi connectivity index (χ3n) is 5.06. The number of nitrogens with one attached hydrogen (secondary N) is 2. The molecule has 2 aromatic rings. The van der Waals surface area contributed by atoms with E-state index in [0.29, 0.717) is 42.6 Å². The Morgan fingerprint density at radius 2 is 2.10 bits per heavy atom. The van der Waals surface area contributed by atoms with Crippen molar-refractivity contribution >= 4 is 17.7 Å². The maximum Gasteiger partial charge on any atom is 0.254 e. The van der Waals surface area contributed by atoms with Gasteiger partial charge < -0.3 is 19.5 Å². The molecule has 1 saturated heterocycles. The van der Waals surface area contributed by atoms with Crippen LogP contribution in [0.25, 0.3) is 0 Å². The fourth-order valence-corrected chi connectivity index (χ4v) is 3.87. The number of ether oxygens (including phenoxy) is 1. The van der Waals surface area contributed by atoms with E-state index in [0.717, 1.165) is 24.6 Å². The zero-order valence-electron chi connectivity index (χ0n) is 17.1. The molecule has 2 aromatic heterocycles. The quantitative estimate of drug-likeness (QED) is 0.496. The van der Waals surface area contributed by atoms with Gasteiger partial charge in [0, 0.05) is 37.3 Å². The molecule has 9 heteroatoms. The van der Waals surface area contributed by atoms with Gasteiger partial charge in [0.05, 0.1) is 19.3 Å². The Balaban J connectivity index is 1.59. The minimum atomic E-state index is -0.174. The van der Waals surface area contributed by atoms with E-state index in [4.69, 9.17) is 9.15 Å². The van der Waals surface area contributed by atoms with Gasteiger partial charge in [0.15, 0.2) is 5.16 Å². The number of carbonyl (C=O) groups is 1. The summed E-state index contributed by atoms with van der Waals surface area (Å²) in [6.45, 7) is 7.09. The molecule has 3 heterocycles. The van der Waals surface area contributed by atoms with Gasteiger partial charge in [-0.1, -0.05) is 11.8 Å². The van der Waals surface area contributed by atoms with Gasteiger partial charge >= 0.3 is 0 Å². The number of nitrogens with zero attached hydrogens (tertiary/aromatic N) is 2. The Morgan fingerprint density at radius 1 is 1.34 bits per heavy atom. The topological polar surface area (TPSA) is 100 Å². The van der Waals surface area contributed by atoms with Crippen LogP contribution in [0.3, 0.4) is 0 Å². The predicted molar refractivity (Wildman–Crippen MR) is 111 cm³/mol. The lowest BCUT2D eigenvalue weighted by molar-refractivity contribution is -0.121. The minimum Gasteiger partial charge on any atom is -0.465 e. The summed E-state index contributed by atoms with van der Waals surface area (Å²) >= 11 is 1.39. The van der Waals surface area contributed by atoms with Crippen molar-refractivity contribution in [3.05, 3.63) is 45.3 Å². The second kappa shape index (κ2) is 10.1. The van der Waals surface area contributed by atoms with Crippen LogP contribution in [0.2, 0.25) is 0 Å². The fourth-order valence-electron chi connectivity index (χ4n) is 3.44. The number of hydrogen-bond donors (Lipinski definition) is 2. The average molecular weight is 421 g/mol. The molecule has 0 aliphatic carbocycles. The predicted octanol–water partition coefficient (Wildman–Crippen LogP) is 1.82. The number of H-pyrrole nitrogens is 1. The van der Waals surface area contributed by atoms with Crippen LogP contribution in [0.1, 0.15) is 35.2 Å². The van der Waals surface area contributed by atoms with Gasteiger partial charge in [-0.15, -0.1) is 0 Å². The summed E-state index contributed by atoms with van der Waals surface area (Å²) in [4.78, 5) is 34.0. The summed E-state index contributed by atoms with van der Waals surface area (Å²) in [5.74, 6) is 1.59. The van der Waals surface area contributed by atoms with Crippen LogP contribution in [-0.2, 0) is 16.0 Å². The molecular formula is C20H28N4O4S. The number of thioether (sulfide) groups is 1. The zero-order valence-corrected chi connectivity index (χ0v) is 17.9. The summed E-state index contributed by atoms with van der Waals surface area (Å²) < 4.78 is 11.3. The van der Waals surface area contributed by atoms with Gasteiger partial charge in [0.25, 0.3) is 5.56 Å². The zero-order chi connectivity index (χ0) is 20.8. The molecule has 1 unspecified atom stereocenters. The van der Waals surface area contributed by atoms with Gasteiger partial charge in [0.2, 0.25) is 5.91 Å². The molecule has 1 atom stereocenters. The highest BCUT2D eigenvalue weighted by molar-refractivity contribution is 7.98. The Hall–Kier alpha value is -2.10. The first-order valence-electron chi connectivity index (χ1n) is 9.76. The molecule has 3 rings (SSSR count). The molecule has 0 bridgehead atoms. The molecule has 0 spiro atoms. The standard InChI is InChI=1S/C20H28N4O4S/c1-13-4-6-17(28-13)16(24-8-10-27-11-9-24)12-21-18(25)7-5-15-14(2)22-20(29-3)23-19(15)26/h4,6,16H,5,7-12H2,1-3H3,(H,21,25)(H,22,23,26). The Morgan fingerprint density at radius 3 is 2.72 bits per heavy atom. The molecule has 1 fully saturated rings. The second-order valence-electron chi connectivity index (χ2n) is 7.06. The van der Waals surface area contributed by atoms with Crippen molar-refractivity contribution in [2.45, 2.75) is 37.9 Å². The molecule has 29 heavy (non-hydrogen) atoms. The van der Waals surface area contributed by atoms with Crippen molar-refractivity contribution in [3.63, 3.8) is 0 Å². The number of amides is 1. The Labute approximate surface area is 174 Å². The lowest BCUT2D eigenvalue weighted by atomic mass is 10.1. The SMILES string of the molecule is CSc1nc(C)c(CCC(=O)NCC(c2ccc(C)o2)N2CCOCC2)c(=O)[nH]1. The molecule has 1 aliphatic heterocycles. The molecule has 1 amide bonds. The maximum absolute atomic E-state index is 12.5. The number of rotatable bonds is 8. The number of furan rings is 1. The number of aromatic amines is 1. The lowest BCUT2D eigenvalue weighted by Gasteiger charge is -2.33. The molecule has 158 valence electrons. The second-order valence-corrected chi connectivity index (χ2v) is 7.85. The fraction of sp³-hybridized carbons (Fsp3) is 0.550. The third kappa shape index (κ3) is 5.71. The van der Waals surface area contributed by atoms with Crippen LogP contribution in [0, 0.1) is 13.8 Å². The first-order chi connectivity index (χ1) is 14.0. The summed E-state index contributed by atoms with van der Waals surface area (Å²) in [5.41, 5.74) is 1.05. The first kappa shape index (κ1) is 21.6. The largest absolute Gasteiger partial charge is 0.465 e. The molecule has 2 N–H and O–H groups in total. The molecule has 1 aliphatic rings. The van der Waals surface area contributed by atoms with E-state index in [9.17, 15) is 9.59 Å². The normalized spacial score (nSPS) is 16.0. The maximum atomic E-state index is 12.5. The molecule has 8 nitrogen and oxygen atoms in total. The van der Waals surface area contributed by atoms with Gasteiger partial charge in [-0.05, 0) is 38.7 Å². The van der Waals surface area contributed by atoms with Crippen molar-refractivity contribution in [2.75, 3.05) is 39.1 Å². The van der Waals surface area contributed by atoms with Gasteiger partial charge in [-0.3, -0.25) is 14.5 Å². The van der Waals surface area contributed by atoms with Crippen LogP contribution in [0.4, 0.5) is 0 Å². The van der Waals surface area contributed by atoms with E-state index in [1.807, 2.05) is 25.3 Å². The number of aromatic nitrogens is 2. The van der Waals surface area contributed by atoms with Crippen LogP contribution in [-0.4, -0.2) is 59.9 Å². The average Bonchev–Trinajstić information content (AvgIpc) is 3.14. The van der Waals surface area contributed by atoms with E-state index in [1.54, 1.807) is 6.92 Å². The summed E-state index contributed by atoms with van der Waals surface area (Å²) in [7, 11) is 0. The van der Waals surface area contributed by atoms with Crippen LogP contribution < -0.4 is 10.9 Å². The summed E-state index contributed by atoms with van der Waals surface area (Å²) in [6, 6.07) is 3.86. The highest BCUT2D eigenvalue weighted by atomic mass is 32.2. The van der Waals surface area contributed by atoms with Gasteiger partial charge in [-0.25, -0.2) is 4.98 Å². The van der Waals surface area contributed by atoms with Crippen LogP contribution >= 0.6 is 11.8 Å². The van der Waals surface area contributed by atoms with Crippen molar-refractivity contribution in [1.29, 1.82) is 0 Å². The van der Waals surface area contributed by atoms with E-state index < -0.39 is 0 Å². The minimum absolute atomic E-state index is 0.0378. The number of hydrogen-bond acceptors (Lipinski definition) is 7. The smallest absolute Gasteiger partial charge is 0.254 e. The van der Waals surface area contributed by atoms with Gasteiger partial charge in [-0.2, -0.15) is 0 Å². The van der Waals surface area contributed by atoms with Crippen molar-refractivity contribution in [1.82, 2.24) is 20.2 Å². The monoisotopic (exact) mass is 420 g/mol. The Kier molecular flexibility index (Phi) is 7.51. The highest BCUT2D eigenvalue weighted by Crippen LogP contribution is 2.23. The van der Waals surface area contributed by atoms with Gasteiger partial charge in [0.1, 0.15) is 11.5 Å². The third-order valence-corrected chi connectivity index (χ3v) is 5.64. The molecule has 0 radical (unpaired) electrons. The highest BCUT2D eigenvalue weighted by Gasteiger charge is 2.25. The van der Waals surface area contributed by atoms with Crippen molar-refractivity contribution < 1.29 is 13.9 Å². The lowest BCUT2D eigenvalue weighted by Crippen LogP contribution is -2.43. The van der Waals surface area contributed by atoms with E-state index in [2.05, 4.69) is 20.2 Å². The van der Waals surface area contributed by atoms with Crippen LogP contribution in [0.15, 0.2) is 26.5 Å². The van der Waals surface area contributed by atoms with E-state index in [-0.39, 0.29) is 23.9 Å². The van der Waals surface area contributed by atoms with Crippen molar-refractivity contribution in [3.8, 4) is 0 Å². The summed E-state index contributed by atoms with van der Waals surface area (Å²) in [6.07, 6.45) is 2.45. The van der Waals surface area contributed by atoms with Crippen LogP contribution in [0.5, 0.6) is 0 Å². The number of aryl methyl sites for hydroxylation is 2. The van der Waals surface area contributed by atoms with E-state index >= 15 is 0 Å². The summed E-state index contributed by atoms with van der Waals surface area (Å²) in [5, 5.41) is 3.59. The number of carbonyl (C=O) groups excluding carboxylic acids is 1. The van der Waals surface area contributed by atoms with E-state index in [1.165, 1.54) is 11.8 Å². The number of morpholine rings is 1. The molecule has 0 saturated carbocycles. The van der Waals surface area contributed by atoms with Crippen molar-refractivity contribution in [2.24, 2.45) is 0 Å².